The van der Waals surface area contributed by atoms with Crippen molar-refractivity contribution in [1.29, 1.82) is 0 Å². The summed E-state index contributed by atoms with van der Waals surface area (Å²) in [4.78, 5) is 15.6. The lowest BCUT2D eigenvalue weighted by Gasteiger charge is -2.09. The summed E-state index contributed by atoms with van der Waals surface area (Å²) in [5, 5.41) is 5.41. The molecule has 0 aliphatic rings. The molecule has 1 heterocycles. The summed E-state index contributed by atoms with van der Waals surface area (Å²) < 4.78 is 39.7. The van der Waals surface area contributed by atoms with Crippen molar-refractivity contribution in [3.8, 4) is 0 Å². The molecule has 1 rings (SSSR count). The van der Waals surface area contributed by atoms with Crippen molar-refractivity contribution >= 4 is 23.3 Å². The van der Waals surface area contributed by atoms with Crippen molar-refractivity contribution in [2.24, 2.45) is 0 Å². The van der Waals surface area contributed by atoms with Crippen LogP contribution in [-0.4, -0.2) is 43.9 Å². The predicted molar refractivity (Wildman–Crippen MR) is 68.0 cm³/mol. The second-order valence-corrected chi connectivity index (χ2v) is 4.14. The van der Waals surface area contributed by atoms with Crippen molar-refractivity contribution in [3.63, 3.8) is 0 Å². The van der Waals surface area contributed by atoms with Crippen LogP contribution in [0, 0.1) is 0 Å². The van der Waals surface area contributed by atoms with Crippen LogP contribution >= 0.6 is 11.6 Å². The maximum absolute atomic E-state index is 11.8. The summed E-state index contributed by atoms with van der Waals surface area (Å²) in [5.74, 6) is -0.0608. The first-order chi connectivity index (χ1) is 9.33. The number of aromatic nitrogens is 1. The zero-order chi connectivity index (χ0) is 15.2. The fraction of sp³-hybridized carbons (Fsp3) is 0.455. The number of hydrogen-bond donors (Lipinski definition) is 2. The second kappa shape index (κ2) is 7.30. The molecule has 0 aromatic carbocycles. The number of anilines is 1. The molecule has 0 saturated carbocycles. The van der Waals surface area contributed by atoms with Gasteiger partial charge in [-0.2, -0.15) is 13.2 Å². The maximum atomic E-state index is 11.8. The van der Waals surface area contributed by atoms with E-state index < -0.39 is 18.7 Å². The van der Waals surface area contributed by atoms with Crippen LogP contribution in [0.2, 0.25) is 5.02 Å². The highest BCUT2D eigenvalue weighted by atomic mass is 35.5. The van der Waals surface area contributed by atoms with Crippen molar-refractivity contribution in [2.45, 2.75) is 6.18 Å². The standard InChI is InChI=1S/C11H13ClF3N3O2/c1-16-9-8(12)4-7(5-18-9)10(19)17-2-3-20-6-11(13,14)15/h4-5H,2-3,6H2,1H3,(H,16,18)(H,17,19). The van der Waals surface area contributed by atoms with E-state index in [1.165, 1.54) is 12.3 Å². The van der Waals surface area contributed by atoms with Crippen molar-refractivity contribution < 1.29 is 22.7 Å². The van der Waals surface area contributed by atoms with E-state index in [2.05, 4.69) is 20.4 Å². The van der Waals surface area contributed by atoms with Crippen LogP contribution in [0.3, 0.4) is 0 Å². The normalized spacial score (nSPS) is 11.2. The summed E-state index contributed by atoms with van der Waals surface area (Å²) >= 11 is 5.85. The maximum Gasteiger partial charge on any atom is 0.411 e. The van der Waals surface area contributed by atoms with Gasteiger partial charge in [0.05, 0.1) is 17.2 Å². The number of nitrogens with one attached hydrogen (secondary N) is 2. The molecule has 0 aliphatic heterocycles. The van der Waals surface area contributed by atoms with E-state index in [0.29, 0.717) is 5.82 Å². The van der Waals surface area contributed by atoms with Gasteiger partial charge in [-0.3, -0.25) is 4.79 Å². The van der Waals surface area contributed by atoms with Crippen molar-refractivity contribution in [1.82, 2.24) is 10.3 Å². The van der Waals surface area contributed by atoms with Gasteiger partial charge < -0.3 is 15.4 Å². The molecule has 9 heteroatoms. The van der Waals surface area contributed by atoms with Crippen molar-refractivity contribution in [3.05, 3.63) is 22.8 Å². The molecular weight excluding hydrogens is 299 g/mol. The van der Waals surface area contributed by atoms with Crippen LogP contribution in [0.25, 0.3) is 0 Å². The van der Waals surface area contributed by atoms with E-state index >= 15 is 0 Å². The molecule has 0 atom stereocenters. The zero-order valence-corrected chi connectivity index (χ0v) is 11.3. The van der Waals surface area contributed by atoms with Gasteiger partial charge in [0.15, 0.2) is 0 Å². The summed E-state index contributed by atoms with van der Waals surface area (Å²) in [6.07, 6.45) is -3.06. The third-order valence-corrected chi connectivity index (χ3v) is 2.43. The SMILES string of the molecule is CNc1ncc(C(=O)NCCOCC(F)(F)F)cc1Cl. The summed E-state index contributed by atoms with van der Waals surface area (Å²) in [7, 11) is 1.63. The number of pyridine rings is 1. The molecule has 0 fully saturated rings. The van der Waals surface area contributed by atoms with Gasteiger partial charge in [-0.1, -0.05) is 11.6 Å². The Morgan fingerprint density at radius 2 is 2.20 bits per heavy atom. The predicted octanol–water partition coefficient (Wildman–Crippen LogP) is 2.09. The molecule has 1 aromatic heterocycles. The minimum Gasteiger partial charge on any atom is -0.372 e. The number of amides is 1. The summed E-state index contributed by atoms with van der Waals surface area (Å²) in [5.41, 5.74) is 0.213. The Kier molecular flexibility index (Phi) is 6.03. The van der Waals surface area contributed by atoms with Gasteiger partial charge in [0, 0.05) is 19.8 Å². The van der Waals surface area contributed by atoms with E-state index in [9.17, 15) is 18.0 Å². The Morgan fingerprint density at radius 1 is 1.50 bits per heavy atom. The first-order valence-electron chi connectivity index (χ1n) is 5.59. The average Bonchev–Trinajstić information content (AvgIpc) is 2.36. The highest BCUT2D eigenvalue weighted by molar-refractivity contribution is 6.33. The lowest BCUT2D eigenvalue weighted by Crippen LogP contribution is -2.29. The lowest BCUT2D eigenvalue weighted by molar-refractivity contribution is -0.173. The quantitative estimate of drug-likeness (QED) is 0.790. The first-order valence-corrected chi connectivity index (χ1v) is 5.97. The van der Waals surface area contributed by atoms with E-state index in [4.69, 9.17) is 11.6 Å². The average molecular weight is 312 g/mol. The van der Waals surface area contributed by atoms with Gasteiger partial charge in [0.25, 0.3) is 5.91 Å². The molecule has 1 aromatic rings. The smallest absolute Gasteiger partial charge is 0.372 e. The summed E-state index contributed by atoms with van der Waals surface area (Å²) in [6, 6.07) is 1.41. The monoisotopic (exact) mass is 311 g/mol. The molecule has 0 bridgehead atoms. The van der Waals surface area contributed by atoms with E-state index in [-0.39, 0.29) is 23.7 Å². The topological polar surface area (TPSA) is 63.2 Å². The number of halogens is 4. The van der Waals surface area contributed by atoms with Crippen LogP contribution in [-0.2, 0) is 4.74 Å². The largest absolute Gasteiger partial charge is 0.411 e. The molecular formula is C11H13ClF3N3O2. The van der Waals surface area contributed by atoms with Crippen LogP contribution in [0.1, 0.15) is 10.4 Å². The van der Waals surface area contributed by atoms with Crippen LogP contribution in [0.15, 0.2) is 12.3 Å². The number of hydrogen-bond acceptors (Lipinski definition) is 4. The number of nitrogens with zero attached hydrogens (tertiary/aromatic N) is 1. The first kappa shape index (κ1) is 16.5. The van der Waals surface area contributed by atoms with Crippen LogP contribution in [0.5, 0.6) is 0 Å². The fourth-order valence-corrected chi connectivity index (χ4v) is 1.53. The molecule has 112 valence electrons. The second-order valence-electron chi connectivity index (χ2n) is 3.73. The zero-order valence-electron chi connectivity index (χ0n) is 10.6. The molecule has 0 saturated heterocycles. The Balaban J connectivity index is 2.38. The van der Waals surface area contributed by atoms with E-state index in [1.807, 2.05) is 0 Å². The van der Waals surface area contributed by atoms with Gasteiger partial charge in [0.2, 0.25) is 0 Å². The molecule has 20 heavy (non-hydrogen) atoms. The molecule has 2 N–H and O–H groups in total. The van der Waals surface area contributed by atoms with Gasteiger partial charge in [-0.25, -0.2) is 4.98 Å². The van der Waals surface area contributed by atoms with Crippen molar-refractivity contribution in [2.75, 3.05) is 32.1 Å². The molecule has 0 spiro atoms. The molecule has 0 radical (unpaired) electrons. The minimum absolute atomic E-state index is 0.0414. The Hall–Kier alpha value is -1.54. The Morgan fingerprint density at radius 3 is 2.75 bits per heavy atom. The van der Waals surface area contributed by atoms with Gasteiger partial charge in [-0.05, 0) is 6.07 Å². The van der Waals surface area contributed by atoms with Crippen LogP contribution < -0.4 is 10.6 Å². The third-order valence-electron chi connectivity index (χ3n) is 2.14. The Bertz CT molecular complexity index is 469. The third kappa shape index (κ3) is 5.62. The Labute approximate surface area is 118 Å². The minimum atomic E-state index is -4.37. The molecule has 1 amide bonds. The number of ether oxygens (including phenoxy) is 1. The van der Waals surface area contributed by atoms with Crippen LogP contribution in [0.4, 0.5) is 19.0 Å². The molecule has 0 unspecified atom stereocenters. The molecule has 0 aliphatic carbocycles. The van der Waals surface area contributed by atoms with Gasteiger partial charge in [-0.15, -0.1) is 0 Å². The number of carbonyl (C=O) groups excluding carboxylic acids is 1. The number of rotatable bonds is 6. The van der Waals surface area contributed by atoms with Gasteiger partial charge in [0.1, 0.15) is 12.4 Å². The lowest BCUT2D eigenvalue weighted by atomic mass is 10.2. The fourth-order valence-electron chi connectivity index (χ4n) is 1.27. The highest BCUT2D eigenvalue weighted by Crippen LogP contribution is 2.19. The van der Waals surface area contributed by atoms with Gasteiger partial charge >= 0.3 is 6.18 Å². The van der Waals surface area contributed by atoms with E-state index in [0.717, 1.165) is 0 Å². The molecule has 5 nitrogen and oxygen atoms in total. The highest BCUT2D eigenvalue weighted by Gasteiger charge is 2.27. The van der Waals surface area contributed by atoms with E-state index in [1.54, 1.807) is 7.05 Å². The number of carbonyl (C=O) groups is 1. The summed E-state index contributed by atoms with van der Waals surface area (Å²) in [6.45, 7) is -1.62. The number of alkyl halides is 3.